The number of halogens is 5. The van der Waals surface area contributed by atoms with Crippen LogP contribution >= 0.6 is 23.2 Å². The van der Waals surface area contributed by atoms with Crippen molar-refractivity contribution in [1.82, 2.24) is 0 Å². The highest BCUT2D eigenvalue weighted by atomic mass is 35.5. The standard InChI is InChI=1S/C16H13Cl2F3N2/c1-9-12(16(19,20)21)8-13(17)14(18)15(9)23-22-10(2)11-6-4-3-5-7-11/h3-8,23H,1-2H3/b22-10+. The molecule has 1 N–H and O–H groups in total. The highest BCUT2D eigenvalue weighted by Gasteiger charge is 2.34. The van der Waals surface area contributed by atoms with Gasteiger partial charge in [0, 0.05) is 0 Å². The summed E-state index contributed by atoms with van der Waals surface area (Å²) in [6.07, 6.45) is -4.52. The molecular weight excluding hydrogens is 348 g/mol. The molecule has 2 aromatic rings. The normalized spacial score (nSPS) is 12.4. The Labute approximate surface area is 141 Å². The fourth-order valence-electron chi connectivity index (χ4n) is 2.03. The van der Waals surface area contributed by atoms with E-state index < -0.39 is 11.7 Å². The summed E-state index contributed by atoms with van der Waals surface area (Å²) >= 11 is 11.8. The third-order valence-corrected chi connectivity index (χ3v) is 4.10. The molecular formula is C16H13Cl2F3N2. The third kappa shape index (κ3) is 3.98. The van der Waals surface area contributed by atoms with Gasteiger partial charge in [0.2, 0.25) is 0 Å². The fourth-order valence-corrected chi connectivity index (χ4v) is 2.47. The first-order valence-electron chi connectivity index (χ1n) is 6.63. The summed E-state index contributed by atoms with van der Waals surface area (Å²) in [5.74, 6) is 0. The van der Waals surface area contributed by atoms with Gasteiger partial charge in [0.25, 0.3) is 0 Å². The van der Waals surface area contributed by atoms with Crippen molar-refractivity contribution in [3.8, 4) is 0 Å². The molecule has 7 heteroatoms. The second kappa shape index (κ2) is 6.81. The van der Waals surface area contributed by atoms with Gasteiger partial charge in [-0.2, -0.15) is 18.3 Å². The number of alkyl halides is 3. The molecule has 2 nitrogen and oxygen atoms in total. The van der Waals surface area contributed by atoms with Gasteiger partial charge in [0.1, 0.15) is 0 Å². The van der Waals surface area contributed by atoms with Gasteiger partial charge in [0.15, 0.2) is 0 Å². The van der Waals surface area contributed by atoms with Gasteiger partial charge in [-0.15, -0.1) is 0 Å². The van der Waals surface area contributed by atoms with E-state index in [1.807, 2.05) is 30.3 Å². The Bertz CT molecular complexity index is 741. The summed E-state index contributed by atoms with van der Waals surface area (Å²) in [6, 6.07) is 10.0. The second-order valence-corrected chi connectivity index (χ2v) is 5.68. The number of hydrogen-bond donors (Lipinski definition) is 1. The van der Waals surface area contributed by atoms with Crippen molar-refractivity contribution in [3.63, 3.8) is 0 Å². The Hall–Kier alpha value is -1.72. The maximum absolute atomic E-state index is 13.0. The van der Waals surface area contributed by atoms with Gasteiger partial charge in [0.05, 0.1) is 27.0 Å². The Balaban J connectivity index is 2.42. The van der Waals surface area contributed by atoms with E-state index in [1.165, 1.54) is 6.92 Å². The van der Waals surface area contributed by atoms with Crippen molar-refractivity contribution in [2.45, 2.75) is 20.0 Å². The van der Waals surface area contributed by atoms with Crippen molar-refractivity contribution in [3.05, 3.63) is 63.1 Å². The van der Waals surface area contributed by atoms with Crippen LogP contribution in [0.1, 0.15) is 23.6 Å². The maximum atomic E-state index is 13.0. The summed E-state index contributed by atoms with van der Waals surface area (Å²) in [4.78, 5) is 0. The van der Waals surface area contributed by atoms with Crippen LogP contribution in [0.2, 0.25) is 10.0 Å². The molecule has 0 aliphatic rings. The SMILES string of the molecule is C/C(=N\Nc1c(C)c(C(F)(F)F)cc(Cl)c1Cl)c1ccccc1. The number of anilines is 1. The molecule has 0 aliphatic carbocycles. The molecule has 0 amide bonds. The molecule has 0 heterocycles. The Morgan fingerprint density at radius 1 is 1.13 bits per heavy atom. The summed E-state index contributed by atoms with van der Waals surface area (Å²) in [5, 5.41) is 3.93. The molecule has 0 aliphatic heterocycles. The summed E-state index contributed by atoms with van der Waals surface area (Å²) in [7, 11) is 0. The topological polar surface area (TPSA) is 24.4 Å². The fraction of sp³-hybridized carbons (Fsp3) is 0.188. The molecule has 2 rings (SSSR count). The summed E-state index contributed by atoms with van der Waals surface area (Å²) < 4.78 is 39.1. The Morgan fingerprint density at radius 2 is 1.74 bits per heavy atom. The third-order valence-electron chi connectivity index (χ3n) is 3.31. The van der Waals surface area contributed by atoms with Crippen LogP contribution in [0.25, 0.3) is 0 Å². The number of nitrogens with one attached hydrogen (secondary N) is 1. The van der Waals surface area contributed by atoms with Gasteiger partial charge in [-0.05, 0) is 31.0 Å². The predicted octanol–water partition coefficient (Wildman–Crippen LogP) is 6.16. The lowest BCUT2D eigenvalue weighted by atomic mass is 10.1. The lowest BCUT2D eigenvalue weighted by molar-refractivity contribution is -0.138. The zero-order valence-corrected chi connectivity index (χ0v) is 13.8. The first-order valence-corrected chi connectivity index (χ1v) is 7.39. The minimum absolute atomic E-state index is 0.00165. The first kappa shape index (κ1) is 17.6. The molecule has 0 atom stereocenters. The van der Waals surface area contributed by atoms with E-state index in [9.17, 15) is 13.2 Å². The minimum atomic E-state index is -4.52. The van der Waals surface area contributed by atoms with Crippen LogP contribution in [0, 0.1) is 6.92 Å². The average molecular weight is 361 g/mol. The Kier molecular flexibility index (Phi) is 5.22. The van der Waals surface area contributed by atoms with Gasteiger partial charge in [-0.25, -0.2) is 0 Å². The summed E-state index contributed by atoms with van der Waals surface area (Å²) in [6.45, 7) is 3.06. The number of hydrogen-bond acceptors (Lipinski definition) is 2. The van der Waals surface area contributed by atoms with E-state index >= 15 is 0 Å². The molecule has 0 saturated heterocycles. The highest BCUT2D eigenvalue weighted by Crippen LogP contribution is 2.41. The van der Waals surface area contributed by atoms with Crippen LogP contribution in [0.5, 0.6) is 0 Å². The maximum Gasteiger partial charge on any atom is 0.416 e. The van der Waals surface area contributed by atoms with Crippen molar-refractivity contribution in [1.29, 1.82) is 0 Å². The average Bonchev–Trinajstić information content (AvgIpc) is 2.50. The Morgan fingerprint density at radius 3 is 2.30 bits per heavy atom. The van der Waals surface area contributed by atoms with Crippen LogP contribution in [-0.4, -0.2) is 5.71 Å². The molecule has 2 aromatic carbocycles. The van der Waals surface area contributed by atoms with Gasteiger partial charge in [-0.3, -0.25) is 5.43 Å². The molecule has 0 fully saturated rings. The lowest BCUT2D eigenvalue weighted by Gasteiger charge is -2.16. The molecule has 0 saturated carbocycles. The highest BCUT2D eigenvalue weighted by molar-refractivity contribution is 6.44. The van der Waals surface area contributed by atoms with E-state index in [1.54, 1.807) is 6.92 Å². The molecule has 23 heavy (non-hydrogen) atoms. The zero-order chi connectivity index (χ0) is 17.2. The molecule has 122 valence electrons. The minimum Gasteiger partial charge on any atom is -0.276 e. The van der Waals surface area contributed by atoms with Crippen molar-refractivity contribution in [2.75, 3.05) is 5.43 Å². The largest absolute Gasteiger partial charge is 0.416 e. The smallest absolute Gasteiger partial charge is 0.276 e. The van der Waals surface area contributed by atoms with Gasteiger partial charge < -0.3 is 0 Å². The van der Waals surface area contributed by atoms with Crippen LogP contribution in [0.3, 0.4) is 0 Å². The van der Waals surface area contributed by atoms with E-state index in [2.05, 4.69) is 10.5 Å². The number of benzene rings is 2. The van der Waals surface area contributed by atoms with Crippen LogP contribution < -0.4 is 5.43 Å². The molecule has 0 bridgehead atoms. The number of hydrazone groups is 1. The monoisotopic (exact) mass is 360 g/mol. The molecule has 0 unspecified atom stereocenters. The van der Waals surface area contributed by atoms with Crippen LogP contribution in [0.15, 0.2) is 41.5 Å². The van der Waals surface area contributed by atoms with Crippen LogP contribution in [0.4, 0.5) is 18.9 Å². The van der Waals surface area contributed by atoms with E-state index in [-0.39, 0.29) is 21.3 Å². The van der Waals surface area contributed by atoms with Crippen molar-refractivity contribution < 1.29 is 13.2 Å². The van der Waals surface area contributed by atoms with E-state index in [4.69, 9.17) is 23.2 Å². The second-order valence-electron chi connectivity index (χ2n) is 4.89. The summed E-state index contributed by atoms with van der Waals surface area (Å²) in [5.41, 5.74) is 3.19. The predicted molar refractivity (Wildman–Crippen MR) is 88.5 cm³/mol. The molecule has 0 spiro atoms. The van der Waals surface area contributed by atoms with Gasteiger partial charge >= 0.3 is 6.18 Å². The first-order chi connectivity index (χ1) is 10.7. The van der Waals surface area contributed by atoms with E-state index in [0.717, 1.165) is 11.6 Å². The quantitative estimate of drug-likeness (QED) is 0.514. The lowest BCUT2D eigenvalue weighted by Crippen LogP contribution is -2.10. The van der Waals surface area contributed by atoms with E-state index in [0.29, 0.717) is 5.71 Å². The number of nitrogens with zero attached hydrogens (tertiary/aromatic N) is 1. The van der Waals surface area contributed by atoms with Crippen molar-refractivity contribution >= 4 is 34.6 Å². The van der Waals surface area contributed by atoms with Crippen LogP contribution in [-0.2, 0) is 6.18 Å². The van der Waals surface area contributed by atoms with Gasteiger partial charge in [-0.1, -0.05) is 53.5 Å². The molecule has 0 radical (unpaired) electrons. The molecule has 0 aromatic heterocycles. The number of rotatable bonds is 3. The van der Waals surface area contributed by atoms with Crippen molar-refractivity contribution in [2.24, 2.45) is 5.10 Å². The zero-order valence-electron chi connectivity index (χ0n) is 12.3.